The van der Waals surface area contributed by atoms with E-state index in [4.69, 9.17) is 33.5 Å². The van der Waals surface area contributed by atoms with Crippen molar-refractivity contribution in [2.45, 2.75) is 37.1 Å². The minimum Gasteiger partial charge on any atom is -0.339 e. The number of hydrogen-bond donors (Lipinski definition) is 1. The Morgan fingerprint density at radius 1 is 1.24 bits per heavy atom. The van der Waals surface area contributed by atoms with Crippen molar-refractivity contribution < 1.29 is 9.32 Å². The van der Waals surface area contributed by atoms with Crippen LogP contribution in [0.4, 0.5) is 5.69 Å². The molecule has 1 unspecified atom stereocenters. The van der Waals surface area contributed by atoms with Gasteiger partial charge in [-0.2, -0.15) is 4.98 Å². The van der Waals surface area contributed by atoms with E-state index in [-0.39, 0.29) is 24.2 Å². The molecule has 25 heavy (non-hydrogen) atoms. The Kier molecular flexibility index (Phi) is 4.99. The van der Waals surface area contributed by atoms with Gasteiger partial charge in [0.1, 0.15) is 0 Å². The van der Waals surface area contributed by atoms with E-state index < -0.39 is 5.54 Å². The van der Waals surface area contributed by atoms with Gasteiger partial charge in [0.25, 0.3) is 0 Å². The van der Waals surface area contributed by atoms with Gasteiger partial charge in [0, 0.05) is 28.7 Å². The number of nitrogens with two attached hydrogens (primary N) is 1. The summed E-state index contributed by atoms with van der Waals surface area (Å²) in [5.74, 6) is 0.829. The first-order chi connectivity index (χ1) is 11.4. The Balaban J connectivity index is 0.00000182. The highest BCUT2D eigenvalue weighted by atomic mass is 35.5. The topological polar surface area (TPSA) is 85.2 Å². The lowest BCUT2D eigenvalue weighted by molar-refractivity contribution is -0.117. The fourth-order valence-corrected chi connectivity index (χ4v) is 3.72. The van der Waals surface area contributed by atoms with Gasteiger partial charge in [-0.15, -0.1) is 12.4 Å². The molecule has 6 nitrogen and oxygen atoms in total. The maximum absolute atomic E-state index is 12.4. The van der Waals surface area contributed by atoms with Crippen LogP contribution in [-0.4, -0.2) is 22.6 Å². The van der Waals surface area contributed by atoms with E-state index >= 15 is 0 Å². The molecule has 4 rings (SSSR count). The van der Waals surface area contributed by atoms with Crippen LogP contribution in [-0.2, 0) is 10.3 Å². The van der Waals surface area contributed by atoms with Crippen molar-refractivity contribution in [1.29, 1.82) is 0 Å². The van der Waals surface area contributed by atoms with Gasteiger partial charge in [0.05, 0.1) is 11.5 Å². The number of aromatic nitrogens is 2. The molecule has 1 aromatic heterocycles. The van der Waals surface area contributed by atoms with Crippen molar-refractivity contribution in [1.82, 2.24) is 10.1 Å². The van der Waals surface area contributed by atoms with Gasteiger partial charge in [-0.3, -0.25) is 4.79 Å². The van der Waals surface area contributed by atoms with Crippen LogP contribution in [0.2, 0.25) is 10.0 Å². The Hall–Kier alpha value is -1.34. The molecule has 134 valence electrons. The van der Waals surface area contributed by atoms with Crippen LogP contribution >= 0.6 is 35.6 Å². The fourth-order valence-electron chi connectivity index (χ4n) is 3.20. The molecule has 9 heteroatoms. The van der Waals surface area contributed by atoms with Crippen molar-refractivity contribution in [2.24, 2.45) is 5.73 Å². The number of anilines is 1. The SMILES string of the molecule is Cl.NC1(c2noc(C3CC(=O)N(c4cc(Cl)cc(Cl)c4)C3)n2)CCC1. The quantitative estimate of drug-likeness (QED) is 0.845. The van der Waals surface area contributed by atoms with Gasteiger partial charge in [0.2, 0.25) is 11.8 Å². The van der Waals surface area contributed by atoms with Crippen LogP contribution < -0.4 is 10.6 Å². The predicted molar refractivity (Wildman–Crippen MR) is 97.4 cm³/mol. The summed E-state index contributed by atoms with van der Waals surface area (Å²) < 4.78 is 5.38. The van der Waals surface area contributed by atoms with Crippen molar-refractivity contribution in [3.8, 4) is 0 Å². The minimum absolute atomic E-state index is 0. The number of carbonyl (C=O) groups excluding carboxylic acids is 1. The molecule has 1 amide bonds. The van der Waals surface area contributed by atoms with E-state index in [1.54, 1.807) is 23.1 Å². The van der Waals surface area contributed by atoms with Gasteiger partial charge < -0.3 is 15.2 Å². The van der Waals surface area contributed by atoms with E-state index in [0.717, 1.165) is 19.3 Å². The zero-order chi connectivity index (χ0) is 16.9. The average Bonchev–Trinajstić information content (AvgIpc) is 3.10. The van der Waals surface area contributed by atoms with Crippen LogP contribution in [0.15, 0.2) is 22.7 Å². The van der Waals surface area contributed by atoms with Crippen LogP contribution in [0.5, 0.6) is 0 Å². The summed E-state index contributed by atoms with van der Waals surface area (Å²) >= 11 is 12.1. The molecule has 0 spiro atoms. The predicted octanol–water partition coefficient (Wildman–Crippen LogP) is 3.66. The highest BCUT2D eigenvalue weighted by molar-refractivity contribution is 6.35. The van der Waals surface area contributed by atoms with E-state index in [1.165, 1.54) is 0 Å². The van der Waals surface area contributed by atoms with Gasteiger partial charge in [0.15, 0.2) is 5.82 Å². The van der Waals surface area contributed by atoms with E-state index in [9.17, 15) is 4.79 Å². The summed E-state index contributed by atoms with van der Waals surface area (Å²) in [6.45, 7) is 0.453. The summed E-state index contributed by atoms with van der Waals surface area (Å²) in [5, 5.41) is 5.00. The summed E-state index contributed by atoms with van der Waals surface area (Å²) in [6.07, 6.45) is 3.11. The first kappa shape index (κ1) is 18.5. The molecule has 1 saturated carbocycles. The minimum atomic E-state index is -0.468. The molecule has 2 aliphatic rings. The number of benzene rings is 1. The molecule has 1 aliphatic heterocycles. The Morgan fingerprint density at radius 3 is 2.52 bits per heavy atom. The largest absolute Gasteiger partial charge is 0.339 e. The van der Waals surface area contributed by atoms with E-state index in [2.05, 4.69) is 10.1 Å². The van der Waals surface area contributed by atoms with Crippen molar-refractivity contribution in [3.05, 3.63) is 40.0 Å². The first-order valence-corrected chi connectivity index (χ1v) is 8.60. The Labute approximate surface area is 161 Å². The highest BCUT2D eigenvalue weighted by Gasteiger charge is 2.41. The molecule has 2 aromatic rings. The molecule has 0 bridgehead atoms. The summed E-state index contributed by atoms with van der Waals surface area (Å²) in [4.78, 5) is 18.5. The second-order valence-corrected chi connectivity index (χ2v) is 7.37. The molecule has 1 saturated heterocycles. The fraction of sp³-hybridized carbons (Fsp3) is 0.438. The third kappa shape index (κ3) is 3.36. The van der Waals surface area contributed by atoms with Crippen LogP contribution in [0.3, 0.4) is 0 Å². The van der Waals surface area contributed by atoms with Gasteiger partial charge in [-0.25, -0.2) is 0 Å². The maximum atomic E-state index is 12.4. The third-order valence-electron chi connectivity index (χ3n) is 4.77. The smallest absolute Gasteiger partial charge is 0.232 e. The molecule has 1 atom stereocenters. The number of nitrogens with zero attached hydrogens (tertiary/aromatic N) is 3. The second-order valence-electron chi connectivity index (χ2n) is 6.50. The molecule has 2 heterocycles. The summed E-state index contributed by atoms with van der Waals surface area (Å²) in [7, 11) is 0. The van der Waals surface area contributed by atoms with E-state index in [1.807, 2.05) is 0 Å². The molecule has 2 fully saturated rings. The lowest BCUT2D eigenvalue weighted by atomic mass is 9.77. The number of halogens is 3. The molecule has 1 aromatic carbocycles. The zero-order valence-corrected chi connectivity index (χ0v) is 15.6. The molecular formula is C16H17Cl3N4O2. The maximum Gasteiger partial charge on any atom is 0.232 e. The lowest BCUT2D eigenvalue weighted by Gasteiger charge is -2.34. The van der Waals surface area contributed by atoms with E-state index in [0.29, 0.717) is 40.4 Å². The standard InChI is InChI=1S/C16H16Cl2N4O2.ClH/c17-10-5-11(18)7-12(6-10)22-8-9(4-13(22)23)14-20-15(21-24-14)16(19)2-1-3-16;/h5-7,9H,1-4,8,19H2;1H. The van der Waals surface area contributed by atoms with Gasteiger partial charge in [-0.05, 0) is 37.5 Å². The third-order valence-corrected chi connectivity index (χ3v) is 5.20. The van der Waals surface area contributed by atoms with Gasteiger partial charge in [-0.1, -0.05) is 28.4 Å². The first-order valence-electron chi connectivity index (χ1n) is 7.84. The Bertz CT molecular complexity index is 786. The van der Waals surface area contributed by atoms with Crippen molar-refractivity contribution in [3.63, 3.8) is 0 Å². The van der Waals surface area contributed by atoms with Crippen LogP contribution in [0.1, 0.15) is 43.3 Å². The number of amides is 1. The van der Waals surface area contributed by atoms with Crippen molar-refractivity contribution in [2.75, 3.05) is 11.4 Å². The molecule has 2 N–H and O–H groups in total. The zero-order valence-electron chi connectivity index (χ0n) is 13.2. The van der Waals surface area contributed by atoms with Gasteiger partial charge >= 0.3 is 0 Å². The monoisotopic (exact) mass is 402 g/mol. The van der Waals surface area contributed by atoms with Crippen molar-refractivity contribution >= 4 is 47.2 Å². The molecular weight excluding hydrogens is 387 g/mol. The normalized spacial score (nSPS) is 21.8. The highest BCUT2D eigenvalue weighted by Crippen LogP contribution is 2.39. The Morgan fingerprint density at radius 2 is 1.92 bits per heavy atom. The number of rotatable bonds is 3. The summed E-state index contributed by atoms with van der Waals surface area (Å²) in [5.41, 5.74) is 6.43. The second kappa shape index (κ2) is 6.76. The molecule has 1 aliphatic carbocycles. The lowest BCUT2D eigenvalue weighted by Crippen LogP contribution is -2.44. The van der Waals surface area contributed by atoms with Crippen LogP contribution in [0, 0.1) is 0 Å². The number of carbonyl (C=O) groups is 1. The summed E-state index contributed by atoms with van der Waals surface area (Å²) in [6, 6.07) is 5.07. The van der Waals surface area contributed by atoms with Crippen LogP contribution in [0.25, 0.3) is 0 Å². The molecule has 0 radical (unpaired) electrons. The number of hydrogen-bond acceptors (Lipinski definition) is 5. The average molecular weight is 404 g/mol.